The fourth-order valence-electron chi connectivity index (χ4n) is 5.10. The Labute approximate surface area is 214 Å². The third-order valence-corrected chi connectivity index (χ3v) is 7.19. The number of likely N-dealkylation sites (N-methyl/N-ethyl adjacent to an activating group) is 1. The smallest absolute Gasteiger partial charge is 0.278 e. The lowest BCUT2D eigenvalue weighted by Crippen LogP contribution is -2.44. The number of aliphatic hydroxyl groups excluding tert-OH is 1. The summed E-state index contributed by atoms with van der Waals surface area (Å²) in [6.07, 6.45) is 4.05. The van der Waals surface area contributed by atoms with Crippen molar-refractivity contribution < 1.29 is 5.11 Å². The zero-order chi connectivity index (χ0) is 25.5. The van der Waals surface area contributed by atoms with Crippen LogP contribution in [0.25, 0.3) is 16.9 Å². The summed E-state index contributed by atoms with van der Waals surface area (Å²) in [6, 6.07) is 12.1. The number of hydrogen-bond acceptors (Lipinski definition) is 8. The van der Waals surface area contributed by atoms with Gasteiger partial charge in [-0.15, -0.1) is 6.58 Å². The lowest BCUT2D eigenvalue weighted by Gasteiger charge is -2.34. The maximum atomic E-state index is 13.2. The Bertz CT molecular complexity index is 1520. The van der Waals surface area contributed by atoms with Crippen molar-refractivity contribution in [3.05, 3.63) is 76.9 Å². The number of nitrogens with one attached hydrogen (secondary N) is 1. The topological polar surface area (TPSA) is 104 Å². The molecule has 10 heteroatoms. The molecule has 190 valence electrons. The van der Waals surface area contributed by atoms with E-state index in [0.717, 1.165) is 43.9 Å². The highest BCUT2D eigenvalue weighted by atomic mass is 16.3. The van der Waals surface area contributed by atoms with E-state index in [0.29, 0.717) is 34.9 Å². The van der Waals surface area contributed by atoms with Crippen LogP contribution in [0.2, 0.25) is 0 Å². The largest absolute Gasteiger partial charge is 0.387 e. The fraction of sp³-hybridized carbons (Fsp3) is 0.333. The number of nitrogens with zero attached hydrogens (tertiary/aromatic N) is 7. The van der Waals surface area contributed by atoms with Gasteiger partial charge in [0.25, 0.3) is 5.56 Å². The molecule has 6 rings (SSSR count). The number of aryl methyl sites for hydroxylation is 1. The van der Waals surface area contributed by atoms with Gasteiger partial charge in [-0.05, 0) is 55.8 Å². The summed E-state index contributed by atoms with van der Waals surface area (Å²) in [4.78, 5) is 31.8. The van der Waals surface area contributed by atoms with Gasteiger partial charge >= 0.3 is 0 Å². The first-order chi connectivity index (χ1) is 18.0. The quantitative estimate of drug-likeness (QED) is 0.391. The van der Waals surface area contributed by atoms with E-state index >= 15 is 0 Å². The van der Waals surface area contributed by atoms with Crippen molar-refractivity contribution in [3.8, 4) is 5.82 Å². The highest BCUT2D eigenvalue weighted by Crippen LogP contribution is 2.30. The minimum absolute atomic E-state index is 0.221. The summed E-state index contributed by atoms with van der Waals surface area (Å²) in [6.45, 7) is 8.22. The van der Waals surface area contributed by atoms with E-state index < -0.39 is 6.10 Å². The Hall–Kier alpha value is -4.02. The molecule has 2 N–H and O–H groups in total. The third kappa shape index (κ3) is 4.28. The summed E-state index contributed by atoms with van der Waals surface area (Å²) in [5.74, 6) is 0.903. The van der Waals surface area contributed by atoms with E-state index in [9.17, 15) is 9.90 Å². The number of pyridine rings is 1. The maximum absolute atomic E-state index is 13.2. The van der Waals surface area contributed by atoms with Crippen LogP contribution in [0.4, 0.5) is 17.3 Å². The normalized spacial score (nSPS) is 17.8. The van der Waals surface area contributed by atoms with Crippen LogP contribution >= 0.6 is 0 Å². The fourth-order valence-corrected chi connectivity index (χ4v) is 5.10. The van der Waals surface area contributed by atoms with Gasteiger partial charge in [0.05, 0.1) is 18.3 Å². The van der Waals surface area contributed by atoms with Crippen molar-refractivity contribution in [1.29, 1.82) is 0 Å². The molecule has 2 aliphatic rings. The summed E-state index contributed by atoms with van der Waals surface area (Å²) in [5, 5.41) is 14.0. The minimum Gasteiger partial charge on any atom is -0.387 e. The highest BCUT2D eigenvalue weighted by molar-refractivity contribution is 5.77. The number of rotatable bonds is 6. The van der Waals surface area contributed by atoms with Crippen LogP contribution in [-0.4, -0.2) is 67.5 Å². The van der Waals surface area contributed by atoms with Gasteiger partial charge in [0.15, 0.2) is 11.5 Å². The Kier molecular flexibility index (Phi) is 5.97. The second-order valence-electron chi connectivity index (χ2n) is 9.65. The van der Waals surface area contributed by atoms with Gasteiger partial charge in [-0.1, -0.05) is 12.1 Å². The van der Waals surface area contributed by atoms with E-state index in [2.05, 4.69) is 45.9 Å². The van der Waals surface area contributed by atoms with Crippen LogP contribution in [0, 0.1) is 0 Å². The van der Waals surface area contributed by atoms with Crippen molar-refractivity contribution >= 4 is 28.4 Å². The zero-order valence-electron chi connectivity index (χ0n) is 20.8. The van der Waals surface area contributed by atoms with Crippen LogP contribution in [0.5, 0.6) is 0 Å². The lowest BCUT2D eigenvalue weighted by molar-refractivity contribution is 0.175. The molecule has 1 atom stereocenters. The number of aliphatic hydroxyl groups is 1. The van der Waals surface area contributed by atoms with Crippen LogP contribution < -0.4 is 15.8 Å². The Morgan fingerprint density at radius 3 is 2.65 bits per heavy atom. The third-order valence-electron chi connectivity index (χ3n) is 7.19. The number of piperazine rings is 1. The zero-order valence-corrected chi connectivity index (χ0v) is 20.8. The molecule has 0 spiro atoms. The number of hydrogen-bond donors (Lipinski definition) is 2. The molecule has 0 unspecified atom stereocenters. The Morgan fingerprint density at radius 2 is 1.89 bits per heavy atom. The summed E-state index contributed by atoms with van der Waals surface area (Å²) in [7, 11) is 2.15. The molecular weight excluding hydrogens is 468 g/mol. The van der Waals surface area contributed by atoms with E-state index in [-0.39, 0.29) is 12.1 Å². The average molecular weight is 499 g/mol. The van der Waals surface area contributed by atoms with Crippen LogP contribution in [0.15, 0.2) is 60.0 Å². The molecule has 10 nitrogen and oxygen atoms in total. The summed E-state index contributed by atoms with van der Waals surface area (Å²) < 4.78 is 3.23. The minimum atomic E-state index is -0.600. The second-order valence-corrected chi connectivity index (χ2v) is 9.65. The first-order valence-corrected chi connectivity index (χ1v) is 12.6. The van der Waals surface area contributed by atoms with Crippen molar-refractivity contribution in [2.45, 2.75) is 25.5 Å². The molecule has 1 aromatic carbocycles. The molecule has 0 amide bonds. The number of allylic oxidation sites excluding steroid dienone is 1. The molecule has 0 radical (unpaired) electrons. The summed E-state index contributed by atoms with van der Waals surface area (Å²) in [5.41, 5.74) is 3.96. The van der Waals surface area contributed by atoms with Gasteiger partial charge in [-0.2, -0.15) is 4.98 Å². The molecule has 3 aromatic heterocycles. The van der Waals surface area contributed by atoms with Crippen LogP contribution in [0.1, 0.15) is 23.8 Å². The molecule has 1 aliphatic heterocycles. The second kappa shape index (κ2) is 9.45. The average Bonchev–Trinajstić information content (AvgIpc) is 3.41. The number of benzene rings is 1. The SMILES string of the molecule is C=CCn1c(=O)c2cnc(Nc3ccc(N4CCN(C)CC4)cc3)nc2n1-c1ccc2c(n1)[C@H](O)CC2. The Balaban J connectivity index is 1.34. The van der Waals surface area contributed by atoms with Crippen LogP contribution in [0.3, 0.4) is 0 Å². The van der Waals surface area contributed by atoms with Gasteiger partial charge in [0, 0.05) is 43.8 Å². The molecule has 0 bridgehead atoms. The van der Waals surface area contributed by atoms with Gasteiger partial charge in [0.1, 0.15) is 5.39 Å². The highest BCUT2D eigenvalue weighted by Gasteiger charge is 2.24. The molecular formula is C27H30N8O2. The van der Waals surface area contributed by atoms with Crippen molar-refractivity contribution in [1.82, 2.24) is 29.2 Å². The predicted molar refractivity (Wildman–Crippen MR) is 144 cm³/mol. The van der Waals surface area contributed by atoms with E-state index in [1.807, 2.05) is 24.3 Å². The molecule has 0 saturated carbocycles. The Morgan fingerprint density at radius 1 is 1.11 bits per heavy atom. The molecule has 1 fully saturated rings. The molecule has 1 aliphatic carbocycles. The first-order valence-electron chi connectivity index (χ1n) is 12.6. The van der Waals surface area contributed by atoms with Crippen molar-refractivity contribution in [2.24, 2.45) is 0 Å². The van der Waals surface area contributed by atoms with Crippen LogP contribution in [-0.2, 0) is 13.0 Å². The van der Waals surface area contributed by atoms with Crippen molar-refractivity contribution in [2.75, 3.05) is 43.4 Å². The molecule has 4 aromatic rings. The predicted octanol–water partition coefficient (Wildman–Crippen LogP) is 2.64. The number of fused-ring (bicyclic) bond motifs is 2. The van der Waals surface area contributed by atoms with E-state index in [1.165, 1.54) is 10.4 Å². The number of aromatic nitrogens is 5. The molecule has 4 heterocycles. The molecule has 1 saturated heterocycles. The van der Waals surface area contributed by atoms with E-state index in [4.69, 9.17) is 9.97 Å². The lowest BCUT2D eigenvalue weighted by atomic mass is 10.2. The standard InChI is InChI=1S/C27H30N8O2/c1-3-12-34-26(37)21-17-28-27(29-19-6-8-20(9-7-19)33-15-13-32(2)14-16-33)31-25(21)35(34)23-11-5-18-4-10-22(36)24(18)30-23/h3,5-9,11,17,22,36H,1,4,10,12-16H2,2H3,(H,28,29,31)/t22-/m1/s1. The van der Waals surface area contributed by atoms with Gasteiger partial charge in [0.2, 0.25) is 5.95 Å². The van der Waals surface area contributed by atoms with Gasteiger partial charge in [-0.25, -0.2) is 19.3 Å². The van der Waals surface area contributed by atoms with Gasteiger partial charge < -0.3 is 20.2 Å². The first kappa shape index (κ1) is 23.4. The molecule has 37 heavy (non-hydrogen) atoms. The monoisotopic (exact) mass is 498 g/mol. The number of anilines is 3. The van der Waals surface area contributed by atoms with Gasteiger partial charge in [-0.3, -0.25) is 4.79 Å². The maximum Gasteiger partial charge on any atom is 0.278 e. The van der Waals surface area contributed by atoms with E-state index in [1.54, 1.807) is 17.0 Å². The van der Waals surface area contributed by atoms with Crippen molar-refractivity contribution in [3.63, 3.8) is 0 Å². The summed E-state index contributed by atoms with van der Waals surface area (Å²) >= 11 is 0.